The third-order valence-corrected chi connectivity index (χ3v) is 4.11. The normalized spacial score (nSPS) is 18.6. The van der Waals surface area contributed by atoms with Crippen molar-refractivity contribution in [2.45, 2.75) is 70.8 Å². The minimum absolute atomic E-state index is 0.0266. The third kappa shape index (κ3) is 5.36. The van der Waals surface area contributed by atoms with Gasteiger partial charge in [-0.3, -0.25) is 14.4 Å². The molecule has 0 saturated heterocycles. The smallest absolute Gasteiger partial charge is 0.310 e. The number of rotatable bonds is 6. The molecule has 1 saturated carbocycles. The number of aliphatic carboxylic acids is 1. The van der Waals surface area contributed by atoms with E-state index in [1.807, 2.05) is 0 Å². The Hall–Kier alpha value is -1.59. The van der Waals surface area contributed by atoms with Crippen molar-refractivity contribution < 1.29 is 19.5 Å². The van der Waals surface area contributed by atoms with Crippen LogP contribution in [0.3, 0.4) is 0 Å². The molecule has 21 heavy (non-hydrogen) atoms. The van der Waals surface area contributed by atoms with Crippen molar-refractivity contribution in [1.29, 1.82) is 0 Å². The first-order chi connectivity index (χ1) is 9.67. The van der Waals surface area contributed by atoms with Gasteiger partial charge in [-0.2, -0.15) is 0 Å². The van der Waals surface area contributed by atoms with E-state index in [1.54, 1.807) is 13.8 Å². The van der Waals surface area contributed by atoms with Gasteiger partial charge < -0.3 is 16.2 Å². The van der Waals surface area contributed by atoms with Crippen LogP contribution in [-0.2, 0) is 14.4 Å². The zero-order valence-electron chi connectivity index (χ0n) is 12.9. The molecule has 0 unspecified atom stereocenters. The van der Waals surface area contributed by atoms with Crippen LogP contribution in [0.4, 0.5) is 0 Å². The van der Waals surface area contributed by atoms with E-state index in [0.717, 1.165) is 25.7 Å². The molecule has 0 aromatic heterocycles. The Morgan fingerprint density at radius 2 is 1.67 bits per heavy atom. The average molecular weight is 298 g/mol. The lowest BCUT2D eigenvalue weighted by molar-refractivity contribution is -0.153. The minimum Gasteiger partial charge on any atom is -0.481 e. The molecule has 6 heteroatoms. The molecule has 0 bridgehead atoms. The van der Waals surface area contributed by atoms with Crippen LogP contribution in [0.1, 0.15) is 65.2 Å². The van der Waals surface area contributed by atoms with E-state index in [-0.39, 0.29) is 18.7 Å². The average Bonchev–Trinajstić information content (AvgIpc) is 2.52. The second-order valence-electron chi connectivity index (χ2n) is 6.75. The van der Waals surface area contributed by atoms with Crippen LogP contribution in [0.15, 0.2) is 0 Å². The SMILES string of the molecule is CC(C)(CC(N)=O)NC(=O)CC1(C(=O)O)CCCCCC1. The molecule has 1 rings (SSSR count). The lowest BCUT2D eigenvalue weighted by Gasteiger charge is -2.30. The standard InChI is InChI=1S/C15H26N2O4/c1-14(2,9-11(16)18)17-12(19)10-15(13(20)21)7-5-3-4-6-8-15/h3-10H2,1-2H3,(H2,16,18)(H,17,19)(H,20,21). The fraction of sp³-hybridized carbons (Fsp3) is 0.800. The Morgan fingerprint density at radius 1 is 1.14 bits per heavy atom. The van der Waals surface area contributed by atoms with E-state index in [9.17, 15) is 19.5 Å². The summed E-state index contributed by atoms with van der Waals surface area (Å²) in [5.74, 6) is -1.72. The number of carboxylic acids is 1. The van der Waals surface area contributed by atoms with E-state index in [2.05, 4.69) is 5.32 Å². The first-order valence-corrected chi connectivity index (χ1v) is 7.50. The first kappa shape index (κ1) is 17.5. The number of hydrogen-bond donors (Lipinski definition) is 3. The minimum atomic E-state index is -0.969. The number of carbonyl (C=O) groups is 3. The Kier molecular flexibility index (Phi) is 5.75. The van der Waals surface area contributed by atoms with Gasteiger partial charge in [0, 0.05) is 18.4 Å². The summed E-state index contributed by atoms with van der Waals surface area (Å²) in [6, 6.07) is 0. The van der Waals surface area contributed by atoms with Gasteiger partial charge in [-0.25, -0.2) is 0 Å². The molecule has 120 valence electrons. The van der Waals surface area contributed by atoms with Gasteiger partial charge >= 0.3 is 5.97 Å². The number of carbonyl (C=O) groups excluding carboxylic acids is 2. The topological polar surface area (TPSA) is 109 Å². The van der Waals surface area contributed by atoms with Crippen LogP contribution in [0.2, 0.25) is 0 Å². The molecule has 1 fully saturated rings. The fourth-order valence-corrected chi connectivity index (χ4v) is 3.08. The van der Waals surface area contributed by atoms with Crippen molar-refractivity contribution in [3.05, 3.63) is 0 Å². The number of carboxylic acid groups (broad SMARTS) is 1. The lowest BCUT2D eigenvalue weighted by Crippen LogP contribution is -2.48. The molecular weight excluding hydrogens is 272 g/mol. The van der Waals surface area contributed by atoms with Gasteiger partial charge in [0.25, 0.3) is 0 Å². The third-order valence-electron chi connectivity index (χ3n) is 4.11. The zero-order valence-corrected chi connectivity index (χ0v) is 12.9. The largest absolute Gasteiger partial charge is 0.481 e. The summed E-state index contributed by atoms with van der Waals surface area (Å²) in [5, 5.41) is 12.3. The predicted molar refractivity (Wildman–Crippen MR) is 78.4 cm³/mol. The van der Waals surface area contributed by atoms with Gasteiger partial charge in [-0.05, 0) is 26.7 Å². The maximum atomic E-state index is 12.2. The fourth-order valence-electron chi connectivity index (χ4n) is 3.08. The summed E-state index contributed by atoms with van der Waals surface area (Å²) in [4.78, 5) is 34.8. The van der Waals surface area contributed by atoms with Gasteiger partial charge in [-0.15, -0.1) is 0 Å². The van der Waals surface area contributed by atoms with Gasteiger partial charge in [0.1, 0.15) is 0 Å². The number of nitrogens with one attached hydrogen (secondary N) is 1. The highest BCUT2D eigenvalue weighted by Gasteiger charge is 2.41. The molecule has 0 heterocycles. The lowest BCUT2D eigenvalue weighted by atomic mass is 9.77. The molecular formula is C15H26N2O4. The quantitative estimate of drug-likeness (QED) is 0.646. The van der Waals surface area contributed by atoms with Crippen molar-refractivity contribution in [2.24, 2.45) is 11.1 Å². The van der Waals surface area contributed by atoms with Crippen LogP contribution in [0, 0.1) is 5.41 Å². The summed E-state index contributed by atoms with van der Waals surface area (Å²) in [6.07, 6.45) is 4.77. The van der Waals surface area contributed by atoms with Crippen molar-refractivity contribution in [3.8, 4) is 0 Å². The predicted octanol–water partition coefficient (Wildman–Crippen LogP) is 1.57. The van der Waals surface area contributed by atoms with Crippen molar-refractivity contribution in [3.63, 3.8) is 0 Å². The van der Waals surface area contributed by atoms with Gasteiger partial charge in [0.15, 0.2) is 0 Å². The number of nitrogens with two attached hydrogens (primary N) is 1. The second kappa shape index (κ2) is 6.91. The van der Waals surface area contributed by atoms with Crippen LogP contribution >= 0.6 is 0 Å². The molecule has 1 aliphatic carbocycles. The van der Waals surface area contributed by atoms with Crippen LogP contribution in [0.5, 0.6) is 0 Å². The molecule has 0 spiro atoms. The highest BCUT2D eigenvalue weighted by molar-refractivity contribution is 5.86. The summed E-state index contributed by atoms with van der Waals surface area (Å²) in [6.45, 7) is 3.41. The molecule has 4 N–H and O–H groups in total. The molecule has 6 nitrogen and oxygen atoms in total. The highest BCUT2D eigenvalue weighted by Crippen LogP contribution is 2.38. The Balaban J connectivity index is 2.73. The van der Waals surface area contributed by atoms with Crippen molar-refractivity contribution >= 4 is 17.8 Å². The Bertz CT molecular complexity index is 410. The van der Waals surface area contributed by atoms with Crippen LogP contribution in [-0.4, -0.2) is 28.4 Å². The van der Waals surface area contributed by atoms with Crippen molar-refractivity contribution in [2.75, 3.05) is 0 Å². The molecule has 2 amide bonds. The van der Waals surface area contributed by atoms with Crippen LogP contribution in [0.25, 0.3) is 0 Å². The highest BCUT2D eigenvalue weighted by atomic mass is 16.4. The molecule has 1 aliphatic rings. The number of amides is 2. The van der Waals surface area contributed by atoms with E-state index in [0.29, 0.717) is 12.8 Å². The molecule has 0 radical (unpaired) electrons. The second-order valence-corrected chi connectivity index (χ2v) is 6.75. The monoisotopic (exact) mass is 298 g/mol. The van der Waals surface area contributed by atoms with E-state index in [1.165, 1.54) is 0 Å². The summed E-state index contributed by atoms with van der Waals surface area (Å²) < 4.78 is 0. The molecule has 0 aliphatic heterocycles. The Morgan fingerprint density at radius 3 is 2.10 bits per heavy atom. The van der Waals surface area contributed by atoms with Gasteiger partial charge in [0.2, 0.25) is 11.8 Å². The summed E-state index contributed by atoms with van der Waals surface area (Å²) in [7, 11) is 0. The zero-order chi connectivity index (χ0) is 16.1. The molecule has 0 atom stereocenters. The maximum absolute atomic E-state index is 12.2. The van der Waals surface area contributed by atoms with Gasteiger partial charge in [0.05, 0.1) is 5.41 Å². The van der Waals surface area contributed by atoms with E-state index < -0.39 is 22.8 Å². The van der Waals surface area contributed by atoms with E-state index in [4.69, 9.17) is 5.73 Å². The first-order valence-electron chi connectivity index (χ1n) is 7.50. The van der Waals surface area contributed by atoms with E-state index >= 15 is 0 Å². The Labute approximate surface area is 125 Å². The molecule has 0 aromatic carbocycles. The number of primary amides is 1. The summed E-state index contributed by atoms with van der Waals surface area (Å²) in [5.41, 5.74) is 3.42. The van der Waals surface area contributed by atoms with Crippen LogP contribution < -0.4 is 11.1 Å². The number of hydrogen-bond acceptors (Lipinski definition) is 3. The van der Waals surface area contributed by atoms with Crippen molar-refractivity contribution in [1.82, 2.24) is 5.32 Å². The maximum Gasteiger partial charge on any atom is 0.310 e. The summed E-state index contributed by atoms with van der Waals surface area (Å²) >= 11 is 0. The molecule has 0 aromatic rings. The van der Waals surface area contributed by atoms with Gasteiger partial charge in [-0.1, -0.05) is 25.7 Å².